The van der Waals surface area contributed by atoms with Crippen molar-refractivity contribution in [2.75, 3.05) is 6.61 Å². The van der Waals surface area contributed by atoms with E-state index >= 15 is 0 Å². The maximum absolute atomic E-state index is 13.2. The molecule has 3 atom stereocenters. The summed E-state index contributed by atoms with van der Waals surface area (Å²) in [4.78, 5) is 26.1. The zero-order valence-corrected chi connectivity index (χ0v) is 39.6. The van der Waals surface area contributed by atoms with E-state index in [1.807, 2.05) is 0 Å². The van der Waals surface area contributed by atoms with E-state index < -0.39 is 18.2 Å². The summed E-state index contributed by atoms with van der Waals surface area (Å²) in [6.07, 6.45) is 58.5. The molecule has 0 aromatic rings. The number of allylic oxidation sites excluding steroid dienone is 10. The van der Waals surface area contributed by atoms with Crippen molar-refractivity contribution in [3.05, 3.63) is 60.8 Å². The third kappa shape index (κ3) is 42.3. The van der Waals surface area contributed by atoms with Gasteiger partial charge in [-0.2, -0.15) is 0 Å². The van der Waals surface area contributed by atoms with Gasteiger partial charge < -0.3 is 20.3 Å². The number of hydrogen-bond donors (Lipinski definition) is 3. The lowest BCUT2D eigenvalue weighted by atomic mass is 10.0. The molecule has 0 bridgehead atoms. The summed E-state index contributed by atoms with van der Waals surface area (Å²) in [6, 6.07) is -0.721. The van der Waals surface area contributed by atoms with Gasteiger partial charge in [-0.1, -0.05) is 210 Å². The Kier molecular flexibility index (Phi) is 45.7. The van der Waals surface area contributed by atoms with E-state index in [1.54, 1.807) is 0 Å². The first kappa shape index (κ1) is 57.6. The molecule has 0 aromatic carbocycles. The minimum atomic E-state index is -0.804. The van der Waals surface area contributed by atoms with Crippen LogP contribution < -0.4 is 5.32 Å². The molecule has 0 spiro atoms. The van der Waals surface area contributed by atoms with Crippen molar-refractivity contribution >= 4 is 11.9 Å². The number of hydrogen-bond acceptors (Lipinski definition) is 5. The molecule has 0 aliphatic heterocycles. The second-order valence-corrected chi connectivity index (χ2v) is 17.2. The van der Waals surface area contributed by atoms with Crippen LogP contribution >= 0.6 is 0 Å². The van der Waals surface area contributed by atoms with Gasteiger partial charge in [0.2, 0.25) is 5.91 Å². The normalized spacial score (nSPS) is 13.8. The van der Waals surface area contributed by atoms with Gasteiger partial charge in [-0.15, -0.1) is 0 Å². The molecule has 6 nitrogen and oxygen atoms in total. The van der Waals surface area contributed by atoms with Crippen molar-refractivity contribution in [3.8, 4) is 0 Å². The first-order chi connectivity index (χ1) is 29.5. The first-order valence-corrected chi connectivity index (χ1v) is 25.5. The first-order valence-electron chi connectivity index (χ1n) is 25.5. The van der Waals surface area contributed by atoms with E-state index in [0.717, 1.165) is 83.5 Å². The summed E-state index contributed by atoms with van der Waals surface area (Å²) >= 11 is 0. The maximum Gasteiger partial charge on any atom is 0.306 e. The van der Waals surface area contributed by atoms with E-state index in [2.05, 4.69) is 86.8 Å². The molecular weight excluding hydrogens is 743 g/mol. The Morgan fingerprint density at radius 3 is 1.45 bits per heavy atom. The summed E-state index contributed by atoms with van der Waals surface area (Å²) in [5.41, 5.74) is 0. The Labute approximate surface area is 371 Å². The molecule has 1 amide bonds. The molecule has 0 aliphatic carbocycles. The molecule has 0 aromatic heterocycles. The molecule has 0 fully saturated rings. The van der Waals surface area contributed by atoms with Gasteiger partial charge in [0, 0.05) is 6.42 Å². The van der Waals surface area contributed by atoms with Crippen LogP contribution in [0, 0.1) is 0 Å². The van der Waals surface area contributed by atoms with Crippen molar-refractivity contribution in [1.82, 2.24) is 5.32 Å². The number of amides is 1. The summed E-state index contributed by atoms with van der Waals surface area (Å²) in [6.45, 7) is 6.33. The van der Waals surface area contributed by atoms with Crippen LogP contribution in [0.4, 0.5) is 0 Å². The molecule has 0 radical (unpaired) electrons. The molecule has 0 saturated carbocycles. The highest BCUT2D eigenvalue weighted by atomic mass is 16.5. The van der Waals surface area contributed by atoms with Crippen molar-refractivity contribution in [2.24, 2.45) is 0 Å². The Balaban J connectivity index is 4.64. The molecule has 0 heterocycles. The van der Waals surface area contributed by atoms with Crippen LogP contribution in [-0.4, -0.2) is 46.9 Å². The Hall–Kier alpha value is -2.44. The van der Waals surface area contributed by atoms with Crippen LogP contribution in [0.3, 0.4) is 0 Å². The SMILES string of the molecule is CC/C=C/C/C=C/C/C=C/C/C=C/CCCC(CC(=O)NC(CO)C(O)CCCCCCCCCCCCCCCCC)OC(=O)CCCCCCC/C=C\CCCCC. The molecule has 3 N–H and O–H groups in total. The minimum absolute atomic E-state index is 0.0358. The van der Waals surface area contributed by atoms with Gasteiger partial charge in [0.25, 0.3) is 0 Å². The molecule has 3 unspecified atom stereocenters. The average Bonchev–Trinajstić information content (AvgIpc) is 3.24. The van der Waals surface area contributed by atoms with Crippen LogP contribution in [0.5, 0.6) is 0 Å². The third-order valence-electron chi connectivity index (χ3n) is 11.3. The van der Waals surface area contributed by atoms with E-state index in [-0.39, 0.29) is 24.9 Å². The fourth-order valence-corrected chi connectivity index (χ4v) is 7.48. The number of carbonyl (C=O) groups excluding carboxylic acids is 2. The lowest BCUT2D eigenvalue weighted by molar-refractivity contribution is -0.151. The monoisotopic (exact) mass is 840 g/mol. The fourth-order valence-electron chi connectivity index (χ4n) is 7.48. The number of nitrogens with one attached hydrogen (secondary N) is 1. The standard InChI is InChI=1S/C54H97NO5/c1-4-7-10-13-16-19-22-25-27-29-31-34-37-40-43-46-52(57)51(49-56)55-53(58)48-50(45-42-39-36-33-30-28-26-23-20-17-14-11-8-5-2)60-54(59)47-44-41-38-35-32-24-21-18-15-12-9-6-3/h8,11,17-18,20-21,26,28,33,36,50-52,56-57H,4-7,9-10,12-16,19,22-25,27,29-32,34-35,37-49H2,1-3H3,(H,55,58)/b11-8+,20-17+,21-18-,28-26+,36-33+. The van der Waals surface area contributed by atoms with Crippen LogP contribution in [0.25, 0.3) is 0 Å². The zero-order chi connectivity index (χ0) is 43.8. The molecule has 0 aliphatic rings. The van der Waals surface area contributed by atoms with Gasteiger partial charge in [-0.25, -0.2) is 0 Å². The lowest BCUT2D eigenvalue weighted by Crippen LogP contribution is -2.46. The Morgan fingerprint density at radius 1 is 0.500 bits per heavy atom. The number of carbonyl (C=O) groups is 2. The van der Waals surface area contributed by atoms with Crippen molar-refractivity contribution < 1.29 is 24.5 Å². The van der Waals surface area contributed by atoms with Crippen molar-refractivity contribution in [2.45, 2.75) is 264 Å². The predicted octanol–water partition coefficient (Wildman–Crippen LogP) is 15.2. The van der Waals surface area contributed by atoms with Crippen LogP contribution in [0.1, 0.15) is 245 Å². The highest BCUT2D eigenvalue weighted by molar-refractivity contribution is 5.77. The van der Waals surface area contributed by atoms with Gasteiger partial charge in [0.1, 0.15) is 6.10 Å². The van der Waals surface area contributed by atoms with E-state index in [4.69, 9.17) is 4.74 Å². The number of ether oxygens (including phenoxy) is 1. The summed E-state index contributed by atoms with van der Waals surface area (Å²) in [5, 5.41) is 23.8. The van der Waals surface area contributed by atoms with Gasteiger partial charge in [-0.3, -0.25) is 9.59 Å². The molecule has 60 heavy (non-hydrogen) atoms. The molecule has 0 saturated heterocycles. The average molecular weight is 840 g/mol. The number of rotatable bonds is 45. The van der Waals surface area contributed by atoms with Crippen molar-refractivity contribution in [1.29, 1.82) is 0 Å². The summed E-state index contributed by atoms with van der Waals surface area (Å²) in [5.74, 6) is -0.538. The van der Waals surface area contributed by atoms with E-state index in [9.17, 15) is 19.8 Å². The van der Waals surface area contributed by atoms with Gasteiger partial charge in [0.05, 0.1) is 25.2 Å². The largest absolute Gasteiger partial charge is 0.462 e. The van der Waals surface area contributed by atoms with E-state index in [1.165, 1.54) is 116 Å². The second-order valence-electron chi connectivity index (χ2n) is 17.2. The van der Waals surface area contributed by atoms with E-state index in [0.29, 0.717) is 19.3 Å². The second kappa shape index (κ2) is 47.6. The zero-order valence-electron chi connectivity index (χ0n) is 39.6. The molecular formula is C54H97NO5. The van der Waals surface area contributed by atoms with Crippen LogP contribution in [-0.2, 0) is 14.3 Å². The summed E-state index contributed by atoms with van der Waals surface area (Å²) < 4.78 is 5.89. The van der Waals surface area contributed by atoms with Crippen molar-refractivity contribution in [3.63, 3.8) is 0 Å². The molecule has 348 valence electrons. The summed E-state index contributed by atoms with van der Waals surface area (Å²) in [7, 11) is 0. The lowest BCUT2D eigenvalue weighted by Gasteiger charge is -2.24. The third-order valence-corrected chi connectivity index (χ3v) is 11.3. The van der Waals surface area contributed by atoms with Gasteiger partial charge >= 0.3 is 5.97 Å². The number of aliphatic hydroxyl groups is 2. The van der Waals surface area contributed by atoms with Crippen LogP contribution in [0.2, 0.25) is 0 Å². The highest BCUT2D eigenvalue weighted by Crippen LogP contribution is 2.17. The molecule has 6 heteroatoms. The Bertz CT molecular complexity index is 1080. The fraction of sp³-hybridized carbons (Fsp3) is 0.778. The number of esters is 1. The highest BCUT2D eigenvalue weighted by Gasteiger charge is 2.24. The maximum atomic E-state index is 13.2. The van der Waals surface area contributed by atoms with Crippen LogP contribution in [0.15, 0.2) is 60.8 Å². The topological polar surface area (TPSA) is 95.9 Å². The predicted molar refractivity (Wildman–Crippen MR) is 259 cm³/mol. The van der Waals surface area contributed by atoms with Gasteiger partial charge in [0.15, 0.2) is 0 Å². The minimum Gasteiger partial charge on any atom is -0.462 e. The number of unbranched alkanes of at least 4 members (excludes halogenated alkanes) is 23. The smallest absolute Gasteiger partial charge is 0.306 e. The molecule has 0 rings (SSSR count). The Morgan fingerprint density at radius 2 is 0.917 bits per heavy atom. The quantitative estimate of drug-likeness (QED) is 0.0322. The van der Waals surface area contributed by atoms with Gasteiger partial charge in [-0.05, 0) is 83.5 Å². The number of aliphatic hydroxyl groups excluding tert-OH is 2.